The zero-order valence-corrected chi connectivity index (χ0v) is 11.5. The van der Waals surface area contributed by atoms with Crippen LogP contribution in [0.15, 0.2) is 0 Å². The minimum atomic E-state index is -0.556. The number of carbonyl (C=O) groups is 1. The molecule has 0 aromatic carbocycles. The summed E-state index contributed by atoms with van der Waals surface area (Å²) in [6.45, 7) is 12.5. The van der Waals surface area contributed by atoms with E-state index in [4.69, 9.17) is 4.74 Å². The lowest BCUT2D eigenvalue weighted by Gasteiger charge is -2.46. The zero-order chi connectivity index (χ0) is 12.5. The minimum Gasteiger partial charge on any atom is -0.364 e. The molecule has 0 aromatic rings. The first-order valence-corrected chi connectivity index (χ1v) is 6.50. The number of Topliss-reactive ketones (excluding diaryl/α,β-unsaturated/α-hetero) is 1. The Kier molecular flexibility index (Phi) is 4.17. The lowest BCUT2D eigenvalue weighted by Crippen LogP contribution is -2.51. The monoisotopic (exact) mass is 226 g/mol. The van der Waals surface area contributed by atoms with Crippen molar-refractivity contribution in [1.82, 2.24) is 0 Å². The van der Waals surface area contributed by atoms with Crippen LogP contribution in [-0.4, -0.2) is 17.5 Å². The Labute approximate surface area is 99.8 Å². The maximum atomic E-state index is 11.7. The van der Waals surface area contributed by atoms with Crippen molar-refractivity contribution < 1.29 is 9.53 Å². The molecule has 1 aliphatic heterocycles. The van der Waals surface area contributed by atoms with Gasteiger partial charge in [0.2, 0.25) is 0 Å². The first-order chi connectivity index (χ1) is 7.31. The van der Waals surface area contributed by atoms with E-state index in [1.54, 1.807) is 6.92 Å². The van der Waals surface area contributed by atoms with Crippen LogP contribution in [0.4, 0.5) is 0 Å². The van der Waals surface area contributed by atoms with E-state index in [1.165, 1.54) is 0 Å². The average Bonchev–Trinajstić information content (AvgIpc) is 2.22. The molecule has 0 saturated carbocycles. The van der Waals surface area contributed by atoms with E-state index in [0.29, 0.717) is 17.8 Å². The van der Waals surface area contributed by atoms with Crippen LogP contribution in [0.1, 0.15) is 54.4 Å². The first kappa shape index (κ1) is 13.7. The van der Waals surface area contributed by atoms with E-state index in [2.05, 4.69) is 27.7 Å². The molecule has 0 aromatic heterocycles. The average molecular weight is 226 g/mol. The van der Waals surface area contributed by atoms with Crippen LogP contribution in [-0.2, 0) is 9.53 Å². The van der Waals surface area contributed by atoms with Gasteiger partial charge in [-0.3, -0.25) is 4.79 Å². The zero-order valence-electron chi connectivity index (χ0n) is 11.5. The molecule has 5 atom stereocenters. The molecule has 5 unspecified atom stereocenters. The van der Waals surface area contributed by atoms with Crippen LogP contribution in [0, 0.1) is 17.8 Å². The van der Waals surface area contributed by atoms with E-state index in [9.17, 15) is 4.79 Å². The van der Waals surface area contributed by atoms with Crippen molar-refractivity contribution in [3.63, 3.8) is 0 Å². The van der Waals surface area contributed by atoms with Crippen LogP contribution in [0.2, 0.25) is 0 Å². The Morgan fingerprint density at radius 2 is 2.06 bits per heavy atom. The SMILES string of the molecule is CCC(C)C1OC(C)(C(C)=O)CC(C)C1C. The summed E-state index contributed by atoms with van der Waals surface area (Å²) in [4.78, 5) is 11.7. The fourth-order valence-electron chi connectivity index (χ4n) is 2.67. The van der Waals surface area contributed by atoms with E-state index < -0.39 is 5.60 Å². The van der Waals surface area contributed by atoms with Gasteiger partial charge in [0.25, 0.3) is 0 Å². The van der Waals surface area contributed by atoms with E-state index >= 15 is 0 Å². The number of ketones is 1. The fraction of sp³-hybridized carbons (Fsp3) is 0.929. The highest BCUT2D eigenvalue weighted by Gasteiger charge is 2.44. The predicted molar refractivity (Wildman–Crippen MR) is 66.4 cm³/mol. The van der Waals surface area contributed by atoms with Gasteiger partial charge in [0.15, 0.2) is 5.78 Å². The highest BCUT2D eigenvalue weighted by atomic mass is 16.5. The van der Waals surface area contributed by atoms with Crippen molar-refractivity contribution in [1.29, 1.82) is 0 Å². The molecule has 0 bridgehead atoms. The summed E-state index contributed by atoms with van der Waals surface area (Å²) in [6.07, 6.45) is 2.19. The molecule has 16 heavy (non-hydrogen) atoms. The van der Waals surface area contributed by atoms with E-state index in [-0.39, 0.29) is 11.9 Å². The van der Waals surface area contributed by atoms with Crippen molar-refractivity contribution in [2.24, 2.45) is 17.8 Å². The molecule has 0 spiro atoms. The van der Waals surface area contributed by atoms with Gasteiger partial charge in [-0.05, 0) is 38.0 Å². The number of carbonyl (C=O) groups excluding carboxylic acids is 1. The van der Waals surface area contributed by atoms with Gasteiger partial charge in [0.05, 0.1) is 6.10 Å². The Bertz CT molecular complexity index is 261. The van der Waals surface area contributed by atoms with Gasteiger partial charge in [0, 0.05) is 0 Å². The molecule has 94 valence electrons. The van der Waals surface area contributed by atoms with Crippen molar-refractivity contribution in [2.75, 3.05) is 0 Å². The Hall–Kier alpha value is -0.370. The normalized spacial score (nSPS) is 41.8. The van der Waals surface area contributed by atoms with Gasteiger partial charge < -0.3 is 4.74 Å². The summed E-state index contributed by atoms with van der Waals surface area (Å²) in [5.74, 6) is 1.79. The van der Waals surface area contributed by atoms with E-state index in [1.807, 2.05) is 6.92 Å². The molecule has 0 radical (unpaired) electrons. The second kappa shape index (κ2) is 4.87. The maximum Gasteiger partial charge on any atom is 0.161 e. The van der Waals surface area contributed by atoms with Crippen molar-refractivity contribution in [3.8, 4) is 0 Å². The van der Waals surface area contributed by atoms with Gasteiger partial charge >= 0.3 is 0 Å². The fourth-order valence-corrected chi connectivity index (χ4v) is 2.67. The van der Waals surface area contributed by atoms with Crippen LogP contribution >= 0.6 is 0 Å². The summed E-state index contributed by atoms with van der Waals surface area (Å²) in [5, 5.41) is 0. The third kappa shape index (κ3) is 2.48. The molecule has 0 N–H and O–H groups in total. The van der Waals surface area contributed by atoms with Crippen molar-refractivity contribution in [3.05, 3.63) is 0 Å². The Morgan fingerprint density at radius 1 is 1.50 bits per heavy atom. The second-order valence-electron chi connectivity index (χ2n) is 5.80. The summed E-state index contributed by atoms with van der Waals surface area (Å²) < 4.78 is 6.12. The quantitative estimate of drug-likeness (QED) is 0.737. The van der Waals surface area contributed by atoms with E-state index in [0.717, 1.165) is 12.8 Å². The van der Waals surface area contributed by atoms with Crippen molar-refractivity contribution in [2.45, 2.75) is 66.1 Å². The van der Waals surface area contributed by atoms with Crippen LogP contribution < -0.4 is 0 Å². The smallest absolute Gasteiger partial charge is 0.161 e. The molecule has 1 rings (SSSR count). The maximum absolute atomic E-state index is 11.7. The standard InChI is InChI=1S/C14H26O2/c1-7-9(2)13-11(4)10(3)8-14(6,16-13)12(5)15/h9-11,13H,7-8H2,1-6H3. The van der Waals surface area contributed by atoms with Crippen LogP contribution in [0.5, 0.6) is 0 Å². The largest absolute Gasteiger partial charge is 0.364 e. The molecule has 0 aliphatic carbocycles. The van der Waals surface area contributed by atoms with Crippen molar-refractivity contribution >= 4 is 5.78 Å². The van der Waals surface area contributed by atoms with Gasteiger partial charge in [-0.1, -0.05) is 34.1 Å². The molecular weight excluding hydrogens is 200 g/mol. The summed E-state index contributed by atoms with van der Waals surface area (Å²) in [7, 11) is 0. The van der Waals surface area contributed by atoms with Gasteiger partial charge in [0.1, 0.15) is 5.60 Å². The molecule has 1 saturated heterocycles. The molecule has 1 aliphatic rings. The minimum absolute atomic E-state index is 0.166. The second-order valence-corrected chi connectivity index (χ2v) is 5.80. The molecule has 1 fully saturated rings. The van der Waals surface area contributed by atoms with Gasteiger partial charge in [-0.15, -0.1) is 0 Å². The topological polar surface area (TPSA) is 26.3 Å². The lowest BCUT2D eigenvalue weighted by molar-refractivity contribution is -0.185. The third-order valence-corrected chi connectivity index (χ3v) is 4.47. The van der Waals surface area contributed by atoms with Crippen LogP contribution in [0.25, 0.3) is 0 Å². The summed E-state index contributed by atoms with van der Waals surface area (Å²) in [5.41, 5.74) is -0.556. The molecule has 2 heteroatoms. The van der Waals surface area contributed by atoms with Gasteiger partial charge in [-0.2, -0.15) is 0 Å². The molecule has 0 amide bonds. The number of rotatable bonds is 3. The van der Waals surface area contributed by atoms with Crippen LogP contribution in [0.3, 0.4) is 0 Å². The lowest BCUT2D eigenvalue weighted by atomic mass is 9.74. The molecule has 2 nitrogen and oxygen atoms in total. The third-order valence-electron chi connectivity index (χ3n) is 4.47. The molecular formula is C14H26O2. The number of hydrogen-bond acceptors (Lipinski definition) is 2. The number of ether oxygens (including phenoxy) is 1. The summed E-state index contributed by atoms with van der Waals surface area (Å²) >= 11 is 0. The number of hydrogen-bond donors (Lipinski definition) is 0. The van der Waals surface area contributed by atoms with Gasteiger partial charge in [-0.25, -0.2) is 0 Å². The Morgan fingerprint density at radius 3 is 2.50 bits per heavy atom. The predicted octanol–water partition coefficient (Wildman–Crippen LogP) is 3.44. The Balaban J connectivity index is 2.89. The molecule has 1 heterocycles. The highest BCUT2D eigenvalue weighted by Crippen LogP contribution is 2.40. The highest BCUT2D eigenvalue weighted by molar-refractivity contribution is 5.84. The summed E-state index contributed by atoms with van der Waals surface area (Å²) in [6, 6.07) is 0. The first-order valence-electron chi connectivity index (χ1n) is 6.50.